The Morgan fingerprint density at radius 2 is 2.75 bits per heavy atom. The fourth-order valence-corrected chi connectivity index (χ4v) is 0.600. The zero-order chi connectivity index (χ0) is 5.98. The van der Waals surface area contributed by atoms with Gasteiger partial charge in [0.2, 0.25) is 0 Å². The molecule has 8 heavy (non-hydrogen) atoms. The summed E-state index contributed by atoms with van der Waals surface area (Å²) in [7, 11) is 0. The van der Waals surface area contributed by atoms with Crippen LogP contribution < -0.4 is 5.32 Å². The largest absolute Gasteiger partial charge is 0.446 e. The van der Waals surface area contributed by atoms with Gasteiger partial charge in [0.15, 0.2) is 0 Å². The number of hydrogen-bond acceptors (Lipinski definition) is 2. The lowest BCUT2D eigenvalue weighted by Gasteiger charge is -1.94. The van der Waals surface area contributed by atoms with Crippen LogP contribution in [0.3, 0.4) is 0 Å². The topological polar surface area (TPSA) is 40.4 Å². The lowest BCUT2D eigenvalue weighted by Crippen LogP contribution is -2.16. The van der Waals surface area contributed by atoms with Crippen LogP contribution in [0.15, 0.2) is 0 Å². The Hall–Kier alpha value is -0.730. The Bertz CT molecular complexity index is 103. The first-order valence-corrected chi connectivity index (χ1v) is 2.70. The monoisotopic (exact) mass is 114 g/mol. The van der Waals surface area contributed by atoms with Crippen molar-refractivity contribution in [3.63, 3.8) is 0 Å². The van der Waals surface area contributed by atoms with Crippen LogP contribution in [0.4, 0.5) is 4.79 Å². The van der Waals surface area contributed by atoms with Crippen LogP contribution in [0.5, 0.6) is 0 Å². The molecule has 0 bridgehead atoms. The predicted octanol–water partition coefficient (Wildman–Crippen LogP) is 0.520. The van der Waals surface area contributed by atoms with E-state index < -0.39 is 6.09 Å². The molecule has 0 aromatic rings. The molecule has 1 radical (unpaired) electrons. The molecule has 1 fully saturated rings. The van der Waals surface area contributed by atoms with Gasteiger partial charge in [-0.1, -0.05) is 6.92 Å². The highest BCUT2D eigenvalue weighted by atomic mass is 16.6. The highest BCUT2D eigenvalue weighted by molar-refractivity contribution is 5.69. The minimum absolute atomic E-state index is 0.127. The molecule has 0 N–H and O–H groups in total. The van der Waals surface area contributed by atoms with E-state index in [2.05, 4.69) is 10.1 Å². The summed E-state index contributed by atoms with van der Waals surface area (Å²) >= 11 is 0. The maximum atomic E-state index is 10.2. The number of hydrogen-bond donors (Lipinski definition) is 0. The molecule has 3 heteroatoms. The van der Waals surface area contributed by atoms with E-state index in [4.69, 9.17) is 0 Å². The molecule has 0 aliphatic carbocycles. The van der Waals surface area contributed by atoms with Gasteiger partial charge in [-0.15, -0.1) is 0 Å². The number of nitrogens with zero attached hydrogens (tertiary/aromatic N) is 1. The first-order chi connectivity index (χ1) is 3.83. The van der Waals surface area contributed by atoms with E-state index in [0.717, 1.165) is 6.42 Å². The third kappa shape index (κ3) is 0.911. The maximum absolute atomic E-state index is 10.2. The predicted molar refractivity (Wildman–Crippen MR) is 27.6 cm³/mol. The van der Waals surface area contributed by atoms with E-state index in [9.17, 15) is 4.79 Å². The van der Waals surface area contributed by atoms with Gasteiger partial charge in [-0.05, 0) is 6.42 Å². The number of carbonyl (C=O) groups is 1. The summed E-state index contributed by atoms with van der Waals surface area (Å²) in [6, 6.07) is 0.127. The summed E-state index contributed by atoms with van der Waals surface area (Å²) in [5.74, 6) is 0. The second kappa shape index (κ2) is 2.03. The molecule has 1 heterocycles. The molecule has 3 nitrogen and oxygen atoms in total. The number of amides is 1. The zero-order valence-electron chi connectivity index (χ0n) is 4.76. The summed E-state index contributed by atoms with van der Waals surface area (Å²) in [6.45, 7) is 2.46. The Labute approximate surface area is 48.0 Å². The molecule has 1 amide bonds. The van der Waals surface area contributed by atoms with Gasteiger partial charge in [-0.25, -0.2) is 10.1 Å². The Morgan fingerprint density at radius 1 is 2.00 bits per heavy atom. The van der Waals surface area contributed by atoms with Crippen molar-refractivity contribution in [3.8, 4) is 0 Å². The van der Waals surface area contributed by atoms with E-state index in [-0.39, 0.29) is 6.04 Å². The standard InChI is InChI=1S/C5H8NO2/c1-2-4-3-8-5(7)6-4/h4H,2-3H2,1H3. The summed E-state index contributed by atoms with van der Waals surface area (Å²) in [4.78, 5) is 10.2. The number of rotatable bonds is 1. The number of cyclic esters (lactones) is 1. The van der Waals surface area contributed by atoms with Crippen molar-refractivity contribution in [1.29, 1.82) is 0 Å². The quantitative estimate of drug-likeness (QED) is 0.498. The minimum Gasteiger partial charge on any atom is -0.446 e. The Balaban J connectivity index is 2.32. The average molecular weight is 114 g/mol. The SMILES string of the molecule is CCC1COC(=O)[N]1. The van der Waals surface area contributed by atoms with Crippen molar-refractivity contribution < 1.29 is 9.53 Å². The van der Waals surface area contributed by atoms with Crippen LogP contribution >= 0.6 is 0 Å². The Kier molecular flexibility index (Phi) is 1.37. The minimum atomic E-state index is -0.406. The summed E-state index contributed by atoms with van der Waals surface area (Å²) in [5.41, 5.74) is 0. The summed E-state index contributed by atoms with van der Waals surface area (Å²) in [6.07, 6.45) is 0.489. The van der Waals surface area contributed by atoms with Crippen LogP contribution in [0.25, 0.3) is 0 Å². The summed E-state index contributed by atoms with van der Waals surface area (Å²) in [5, 5.41) is 3.65. The van der Waals surface area contributed by atoms with Crippen molar-refractivity contribution in [2.24, 2.45) is 0 Å². The van der Waals surface area contributed by atoms with Gasteiger partial charge >= 0.3 is 6.09 Å². The smallest absolute Gasteiger partial charge is 0.429 e. The van der Waals surface area contributed by atoms with Gasteiger partial charge in [-0.3, -0.25) is 0 Å². The first kappa shape index (κ1) is 5.41. The van der Waals surface area contributed by atoms with Gasteiger partial charge < -0.3 is 4.74 Å². The molecule has 0 aromatic heterocycles. The van der Waals surface area contributed by atoms with Gasteiger partial charge in [0.1, 0.15) is 6.61 Å². The van der Waals surface area contributed by atoms with E-state index in [0.29, 0.717) is 6.61 Å². The second-order valence-electron chi connectivity index (χ2n) is 1.77. The highest BCUT2D eigenvalue weighted by Gasteiger charge is 2.21. The van der Waals surface area contributed by atoms with Gasteiger partial charge in [0.25, 0.3) is 0 Å². The lowest BCUT2D eigenvalue weighted by atomic mass is 10.3. The van der Waals surface area contributed by atoms with E-state index in [1.807, 2.05) is 6.92 Å². The third-order valence-corrected chi connectivity index (χ3v) is 1.16. The molecular formula is C5H8NO2. The molecule has 1 saturated heterocycles. The number of ether oxygens (including phenoxy) is 1. The van der Waals surface area contributed by atoms with Gasteiger partial charge in [0, 0.05) is 0 Å². The molecule has 0 saturated carbocycles. The fraction of sp³-hybridized carbons (Fsp3) is 0.800. The first-order valence-electron chi connectivity index (χ1n) is 2.70. The molecule has 1 unspecified atom stereocenters. The lowest BCUT2D eigenvalue weighted by molar-refractivity contribution is 0.176. The molecule has 1 atom stereocenters. The van der Waals surface area contributed by atoms with E-state index in [1.54, 1.807) is 0 Å². The second-order valence-corrected chi connectivity index (χ2v) is 1.77. The average Bonchev–Trinajstić information content (AvgIpc) is 2.14. The van der Waals surface area contributed by atoms with Crippen molar-refractivity contribution in [2.45, 2.75) is 19.4 Å². The van der Waals surface area contributed by atoms with Crippen molar-refractivity contribution >= 4 is 6.09 Å². The van der Waals surface area contributed by atoms with Crippen LogP contribution in [0.1, 0.15) is 13.3 Å². The van der Waals surface area contributed by atoms with E-state index >= 15 is 0 Å². The van der Waals surface area contributed by atoms with Gasteiger partial charge in [-0.2, -0.15) is 0 Å². The van der Waals surface area contributed by atoms with Crippen LogP contribution in [0.2, 0.25) is 0 Å². The molecule has 1 rings (SSSR count). The van der Waals surface area contributed by atoms with Crippen molar-refractivity contribution in [3.05, 3.63) is 0 Å². The molecule has 1 aliphatic heterocycles. The summed E-state index contributed by atoms with van der Waals surface area (Å²) < 4.78 is 4.55. The molecule has 0 spiro atoms. The van der Waals surface area contributed by atoms with Crippen LogP contribution in [-0.4, -0.2) is 18.7 Å². The van der Waals surface area contributed by atoms with Gasteiger partial charge in [0.05, 0.1) is 6.04 Å². The fourth-order valence-electron chi connectivity index (χ4n) is 0.600. The highest BCUT2D eigenvalue weighted by Crippen LogP contribution is 2.02. The third-order valence-electron chi connectivity index (χ3n) is 1.16. The molecular weight excluding hydrogens is 106 g/mol. The molecule has 1 aliphatic rings. The Morgan fingerprint density at radius 3 is 3.00 bits per heavy atom. The van der Waals surface area contributed by atoms with Crippen LogP contribution in [0, 0.1) is 0 Å². The molecule has 45 valence electrons. The van der Waals surface area contributed by atoms with Crippen LogP contribution in [-0.2, 0) is 4.74 Å². The normalized spacial score (nSPS) is 27.1. The molecule has 0 aromatic carbocycles. The van der Waals surface area contributed by atoms with Crippen molar-refractivity contribution in [1.82, 2.24) is 5.32 Å². The maximum Gasteiger partial charge on any atom is 0.429 e. The van der Waals surface area contributed by atoms with E-state index in [1.165, 1.54) is 0 Å². The van der Waals surface area contributed by atoms with Crippen molar-refractivity contribution in [2.75, 3.05) is 6.61 Å². The zero-order valence-corrected chi connectivity index (χ0v) is 4.76. The number of carbonyl (C=O) groups excluding carboxylic acids is 1.